The van der Waals surface area contributed by atoms with E-state index in [9.17, 15) is 17.7 Å². The molecule has 1 aromatic heterocycles. The largest absolute Gasteiger partial charge is 0.598 e. The fraction of sp³-hybridized carbons (Fsp3) is 0.389. The van der Waals surface area contributed by atoms with Crippen molar-refractivity contribution in [3.63, 3.8) is 0 Å². The van der Waals surface area contributed by atoms with E-state index in [1.165, 1.54) is 19.4 Å². The van der Waals surface area contributed by atoms with Crippen LogP contribution in [0.25, 0.3) is 0 Å². The third-order valence-electron chi connectivity index (χ3n) is 3.65. The first kappa shape index (κ1) is 20.5. The van der Waals surface area contributed by atoms with Gasteiger partial charge in [0.05, 0.1) is 18.4 Å². The van der Waals surface area contributed by atoms with Crippen LogP contribution in [0.3, 0.4) is 0 Å². The Balaban J connectivity index is 2.54. The minimum atomic E-state index is -4.57. The number of alkyl halides is 3. The molecule has 0 aliphatic carbocycles. The average Bonchev–Trinajstić information content (AvgIpc) is 2.58. The molecule has 1 N–H and O–H groups in total. The third-order valence-corrected chi connectivity index (χ3v) is 5.21. The van der Waals surface area contributed by atoms with E-state index in [0.717, 1.165) is 6.07 Å². The van der Waals surface area contributed by atoms with Crippen LogP contribution in [0.1, 0.15) is 43.6 Å². The first-order chi connectivity index (χ1) is 12.0. The summed E-state index contributed by atoms with van der Waals surface area (Å²) in [5.41, 5.74) is -0.574. The van der Waals surface area contributed by atoms with Gasteiger partial charge >= 0.3 is 6.18 Å². The van der Waals surface area contributed by atoms with E-state index < -0.39 is 33.9 Å². The molecule has 0 saturated heterocycles. The summed E-state index contributed by atoms with van der Waals surface area (Å²) in [6, 6.07) is 7.76. The Morgan fingerprint density at radius 1 is 1.12 bits per heavy atom. The second kappa shape index (κ2) is 7.85. The lowest BCUT2D eigenvalue weighted by Gasteiger charge is -2.29. The van der Waals surface area contributed by atoms with Crippen molar-refractivity contribution >= 4 is 11.4 Å². The number of methoxy groups -OCH3 is 1. The second-order valence-electron chi connectivity index (χ2n) is 6.64. The zero-order valence-electron chi connectivity index (χ0n) is 14.9. The predicted octanol–water partition coefficient (Wildman–Crippen LogP) is 4.25. The number of halogens is 3. The maximum atomic E-state index is 13.5. The summed E-state index contributed by atoms with van der Waals surface area (Å²) in [5.74, 6) is 0.571. The molecule has 0 fully saturated rings. The van der Waals surface area contributed by atoms with Gasteiger partial charge in [0.1, 0.15) is 16.5 Å². The predicted molar refractivity (Wildman–Crippen MR) is 95.1 cm³/mol. The Morgan fingerprint density at radius 3 is 2.23 bits per heavy atom. The highest BCUT2D eigenvalue weighted by Crippen LogP contribution is 2.36. The fourth-order valence-corrected chi connectivity index (χ4v) is 3.06. The van der Waals surface area contributed by atoms with Crippen LogP contribution in [0, 0.1) is 0 Å². The molecule has 2 unspecified atom stereocenters. The van der Waals surface area contributed by atoms with Gasteiger partial charge in [-0.1, -0.05) is 12.1 Å². The summed E-state index contributed by atoms with van der Waals surface area (Å²) in [7, 11) is 1.50. The van der Waals surface area contributed by atoms with Gasteiger partial charge in [0.2, 0.25) is 0 Å². The Hall–Kier alpha value is -1.77. The van der Waals surface area contributed by atoms with Crippen LogP contribution in [0.15, 0.2) is 42.6 Å². The van der Waals surface area contributed by atoms with Gasteiger partial charge in [-0.15, -0.1) is 4.72 Å². The molecule has 2 rings (SSSR count). The zero-order valence-corrected chi connectivity index (χ0v) is 15.7. The molecular weight excluding hydrogens is 365 g/mol. The van der Waals surface area contributed by atoms with Gasteiger partial charge in [0.25, 0.3) is 0 Å². The van der Waals surface area contributed by atoms with Gasteiger partial charge in [0.15, 0.2) is 0 Å². The smallest absolute Gasteiger partial charge is 0.418 e. The van der Waals surface area contributed by atoms with Crippen molar-refractivity contribution in [3.05, 3.63) is 59.4 Å². The van der Waals surface area contributed by atoms with Gasteiger partial charge in [-0.05, 0) is 50.6 Å². The Morgan fingerprint density at radius 2 is 1.73 bits per heavy atom. The quantitative estimate of drug-likeness (QED) is 0.781. The lowest BCUT2D eigenvalue weighted by Crippen LogP contribution is -2.42. The molecule has 0 amide bonds. The van der Waals surface area contributed by atoms with Crippen molar-refractivity contribution in [2.75, 3.05) is 7.11 Å². The molecule has 0 spiro atoms. The number of nitrogens with one attached hydrogen (secondary N) is 1. The number of hydrogen-bond donors (Lipinski definition) is 1. The van der Waals surface area contributed by atoms with Crippen molar-refractivity contribution in [1.82, 2.24) is 9.71 Å². The number of benzene rings is 1. The normalized spacial score (nSPS) is 14.8. The molecule has 0 aliphatic heterocycles. The Bertz CT molecular complexity index is 730. The van der Waals surface area contributed by atoms with Crippen molar-refractivity contribution in [2.24, 2.45) is 0 Å². The summed E-state index contributed by atoms with van der Waals surface area (Å²) in [5, 5.41) is 0. The van der Waals surface area contributed by atoms with Gasteiger partial charge < -0.3 is 9.29 Å². The monoisotopic (exact) mass is 386 g/mol. The topological polar surface area (TPSA) is 57.2 Å². The van der Waals surface area contributed by atoms with E-state index in [2.05, 4.69) is 9.71 Å². The number of ether oxygens (including phenoxy) is 1. The third kappa shape index (κ3) is 4.90. The molecule has 8 heteroatoms. The molecule has 142 valence electrons. The summed E-state index contributed by atoms with van der Waals surface area (Å²) in [6.45, 7) is 5.22. The SMILES string of the molecule is COc1ccc(C(N[S+]([O-])C(C)(C)C)c2ncccc2C(F)(F)F)cc1. The van der Waals surface area contributed by atoms with E-state index >= 15 is 0 Å². The second-order valence-corrected chi connectivity index (χ2v) is 8.64. The number of hydrogen-bond acceptors (Lipinski definition) is 4. The molecule has 4 nitrogen and oxygen atoms in total. The molecule has 0 radical (unpaired) electrons. The zero-order chi connectivity index (χ0) is 19.5. The van der Waals surface area contributed by atoms with Crippen molar-refractivity contribution in [3.8, 4) is 5.75 Å². The first-order valence-corrected chi connectivity index (χ1v) is 9.03. The van der Waals surface area contributed by atoms with Crippen molar-refractivity contribution in [1.29, 1.82) is 0 Å². The fourth-order valence-electron chi connectivity index (χ4n) is 2.25. The first-order valence-electron chi connectivity index (χ1n) is 7.88. The Kier molecular flexibility index (Phi) is 6.21. The minimum Gasteiger partial charge on any atom is -0.598 e. The highest BCUT2D eigenvalue weighted by molar-refractivity contribution is 7.90. The number of nitrogens with zero attached hydrogens (tertiary/aromatic N) is 1. The summed E-state index contributed by atoms with van der Waals surface area (Å²) in [4.78, 5) is 3.95. The maximum absolute atomic E-state index is 13.5. The summed E-state index contributed by atoms with van der Waals surface area (Å²) >= 11 is -1.60. The van der Waals surface area contributed by atoms with Gasteiger partial charge in [-0.25, -0.2) is 0 Å². The minimum absolute atomic E-state index is 0.220. The Labute approximate surface area is 154 Å². The van der Waals surface area contributed by atoms with Crippen LogP contribution in [0.5, 0.6) is 5.75 Å². The van der Waals surface area contributed by atoms with Crippen LogP contribution >= 0.6 is 0 Å². The molecule has 0 aliphatic rings. The van der Waals surface area contributed by atoms with Crippen LogP contribution in [-0.4, -0.2) is 21.4 Å². The maximum Gasteiger partial charge on any atom is 0.418 e. The van der Waals surface area contributed by atoms with Gasteiger partial charge in [-0.3, -0.25) is 4.98 Å². The number of rotatable bonds is 5. The van der Waals surface area contributed by atoms with Gasteiger partial charge in [0, 0.05) is 17.6 Å². The molecule has 0 saturated carbocycles. The number of aromatic nitrogens is 1. The summed E-state index contributed by atoms with van der Waals surface area (Å²) < 4.78 is 60.2. The molecule has 26 heavy (non-hydrogen) atoms. The highest BCUT2D eigenvalue weighted by Gasteiger charge is 2.39. The lowest BCUT2D eigenvalue weighted by molar-refractivity contribution is -0.138. The molecular formula is C18H21F3N2O2S. The average molecular weight is 386 g/mol. The summed E-state index contributed by atoms with van der Waals surface area (Å²) in [6.07, 6.45) is -3.28. The lowest BCUT2D eigenvalue weighted by atomic mass is 10.00. The molecule has 1 aromatic carbocycles. The molecule has 2 aromatic rings. The van der Waals surface area contributed by atoms with E-state index in [1.807, 2.05) is 0 Å². The van der Waals surface area contributed by atoms with Crippen molar-refractivity contribution in [2.45, 2.75) is 37.7 Å². The van der Waals surface area contributed by atoms with Gasteiger partial charge in [-0.2, -0.15) is 13.2 Å². The van der Waals surface area contributed by atoms with E-state index in [4.69, 9.17) is 4.74 Å². The van der Waals surface area contributed by atoms with Crippen LogP contribution in [-0.2, 0) is 17.5 Å². The van der Waals surface area contributed by atoms with Crippen LogP contribution in [0.2, 0.25) is 0 Å². The molecule has 2 atom stereocenters. The van der Waals surface area contributed by atoms with Crippen molar-refractivity contribution < 1.29 is 22.5 Å². The molecule has 1 heterocycles. The highest BCUT2D eigenvalue weighted by atomic mass is 32.2. The van der Waals surface area contributed by atoms with Crippen LogP contribution in [0.4, 0.5) is 13.2 Å². The molecule has 0 bridgehead atoms. The van der Waals surface area contributed by atoms with E-state index in [0.29, 0.717) is 11.3 Å². The van der Waals surface area contributed by atoms with Crippen LogP contribution < -0.4 is 9.46 Å². The van der Waals surface area contributed by atoms with E-state index in [-0.39, 0.29) is 5.69 Å². The number of pyridine rings is 1. The van der Waals surface area contributed by atoms with E-state index in [1.54, 1.807) is 45.0 Å². The standard InChI is InChI=1S/C18H21F3N2O2S/c1-17(2,3)26(24)23-15(12-7-9-13(25-4)10-8-12)16-14(18(19,20)21)6-5-11-22-16/h5-11,15,23H,1-4H3.